The van der Waals surface area contributed by atoms with Crippen LogP contribution in [0.3, 0.4) is 0 Å². The van der Waals surface area contributed by atoms with Crippen LogP contribution in [0.15, 0.2) is 24.3 Å². The number of hydrogen-bond donors (Lipinski definition) is 2. The average molecular weight is 220 g/mol. The summed E-state index contributed by atoms with van der Waals surface area (Å²) in [5.74, 6) is 0. The molecule has 2 nitrogen and oxygen atoms in total. The minimum absolute atomic E-state index is 0.150. The highest BCUT2D eigenvalue weighted by Crippen LogP contribution is 2.09. The first-order valence-electron chi connectivity index (χ1n) is 6.05. The lowest BCUT2D eigenvalue weighted by molar-refractivity contribution is 0.370. The summed E-state index contributed by atoms with van der Waals surface area (Å²) in [4.78, 5) is 0. The van der Waals surface area contributed by atoms with Crippen molar-refractivity contribution in [2.75, 3.05) is 13.1 Å². The Hall–Kier alpha value is -0.860. The Balaban J connectivity index is 2.39. The summed E-state index contributed by atoms with van der Waals surface area (Å²) in [5, 5.41) is 3.56. The molecule has 90 valence electrons. The minimum atomic E-state index is 0.150. The fourth-order valence-corrected chi connectivity index (χ4v) is 1.88. The highest BCUT2D eigenvalue weighted by atomic mass is 14.9. The minimum Gasteiger partial charge on any atom is -0.330 e. The van der Waals surface area contributed by atoms with E-state index in [1.807, 2.05) is 0 Å². The van der Waals surface area contributed by atoms with Gasteiger partial charge >= 0.3 is 0 Å². The first-order chi connectivity index (χ1) is 7.55. The zero-order valence-corrected chi connectivity index (χ0v) is 10.7. The predicted molar refractivity (Wildman–Crippen MR) is 70.6 cm³/mol. The Morgan fingerprint density at radius 2 is 1.94 bits per heavy atom. The summed E-state index contributed by atoms with van der Waals surface area (Å²) in [5.41, 5.74) is 8.54. The van der Waals surface area contributed by atoms with Crippen LogP contribution >= 0.6 is 0 Å². The van der Waals surface area contributed by atoms with Crippen LogP contribution in [0.25, 0.3) is 0 Å². The van der Waals surface area contributed by atoms with Crippen LogP contribution in [-0.2, 0) is 6.42 Å². The Kier molecular flexibility index (Phi) is 4.97. The van der Waals surface area contributed by atoms with Crippen LogP contribution < -0.4 is 11.1 Å². The van der Waals surface area contributed by atoms with E-state index in [1.165, 1.54) is 11.1 Å². The van der Waals surface area contributed by atoms with E-state index in [4.69, 9.17) is 5.73 Å². The standard InChI is InChI=1S/C14H24N2/c1-12-6-4-5-7-13(12)8-11-16-14(2,3)9-10-15/h4-7,16H,8-11,15H2,1-3H3. The Labute approximate surface area is 99.2 Å². The van der Waals surface area contributed by atoms with Gasteiger partial charge in [0.05, 0.1) is 0 Å². The van der Waals surface area contributed by atoms with Gasteiger partial charge in [-0.3, -0.25) is 0 Å². The molecule has 1 rings (SSSR count). The van der Waals surface area contributed by atoms with Gasteiger partial charge in [-0.15, -0.1) is 0 Å². The van der Waals surface area contributed by atoms with E-state index < -0.39 is 0 Å². The highest BCUT2D eigenvalue weighted by Gasteiger charge is 2.14. The molecule has 0 aliphatic heterocycles. The predicted octanol–water partition coefficient (Wildman–Crippen LogP) is 2.25. The van der Waals surface area contributed by atoms with Crippen LogP contribution in [0.5, 0.6) is 0 Å². The topological polar surface area (TPSA) is 38.0 Å². The van der Waals surface area contributed by atoms with Gasteiger partial charge in [0.1, 0.15) is 0 Å². The third kappa shape index (κ3) is 4.33. The van der Waals surface area contributed by atoms with Crippen LogP contribution in [-0.4, -0.2) is 18.6 Å². The van der Waals surface area contributed by atoms with E-state index in [2.05, 4.69) is 50.4 Å². The summed E-state index contributed by atoms with van der Waals surface area (Å²) in [7, 11) is 0. The number of benzene rings is 1. The molecule has 0 saturated heterocycles. The summed E-state index contributed by atoms with van der Waals surface area (Å²) >= 11 is 0. The molecule has 0 spiro atoms. The van der Waals surface area contributed by atoms with Gasteiger partial charge in [0.2, 0.25) is 0 Å². The maximum atomic E-state index is 5.58. The molecule has 2 heteroatoms. The normalized spacial score (nSPS) is 11.8. The maximum Gasteiger partial charge on any atom is 0.0137 e. The second-order valence-electron chi connectivity index (χ2n) is 5.03. The first kappa shape index (κ1) is 13.2. The zero-order chi connectivity index (χ0) is 12.0. The van der Waals surface area contributed by atoms with Crippen molar-refractivity contribution >= 4 is 0 Å². The smallest absolute Gasteiger partial charge is 0.0137 e. The van der Waals surface area contributed by atoms with Crippen molar-refractivity contribution in [2.24, 2.45) is 5.73 Å². The average Bonchev–Trinajstić information content (AvgIpc) is 2.20. The van der Waals surface area contributed by atoms with Gasteiger partial charge in [-0.25, -0.2) is 0 Å². The van der Waals surface area contributed by atoms with E-state index in [0.717, 1.165) is 25.9 Å². The van der Waals surface area contributed by atoms with Crippen molar-refractivity contribution in [1.29, 1.82) is 0 Å². The molecule has 0 radical (unpaired) electrons. The number of hydrogen-bond acceptors (Lipinski definition) is 2. The summed E-state index contributed by atoms with van der Waals surface area (Å²) in [6, 6.07) is 8.56. The van der Waals surface area contributed by atoms with Crippen molar-refractivity contribution < 1.29 is 0 Å². The number of nitrogens with one attached hydrogen (secondary N) is 1. The molecular weight excluding hydrogens is 196 g/mol. The third-order valence-corrected chi connectivity index (χ3v) is 3.03. The van der Waals surface area contributed by atoms with Crippen LogP contribution in [0.4, 0.5) is 0 Å². The molecule has 0 saturated carbocycles. The summed E-state index contributed by atoms with van der Waals surface area (Å²) in [6.07, 6.45) is 2.10. The van der Waals surface area contributed by atoms with E-state index in [0.29, 0.717) is 0 Å². The molecule has 0 atom stereocenters. The number of rotatable bonds is 6. The van der Waals surface area contributed by atoms with Crippen LogP contribution in [0, 0.1) is 6.92 Å². The van der Waals surface area contributed by atoms with Gasteiger partial charge in [-0.1, -0.05) is 24.3 Å². The highest BCUT2D eigenvalue weighted by molar-refractivity contribution is 5.25. The van der Waals surface area contributed by atoms with Gasteiger partial charge in [0.15, 0.2) is 0 Å². The fraction of sp³-hybridized carbons (Fsp3) is 0.571. The molecule has 1 aromatic carbocycles. The van der Waals surface area contributed by atoms with Crippen molar-refractivity contribution in [2.45, 2.75) is 39.2 Å². The molecule has 0 aliphatic rings. The van der Waals surface area contributed by atoms with Crippen molar-refractivity contribution in [3.63, 3.8) is 0 Å². The van der Waals surface area contributed by atoms with E-state index in [1.54, 1.807) is 0 Å². The van der Waals surface area contributed by atoms with Crippen LogP contribution in [0.2, 0.25) is 0 Å². The largest absolute Gasteiger partial charge is 0.330 e. The van der Waals surface area contributed by atoms with Crippen molar-refractivity contribution in [3.05, 3.63) is 35.4 Å². The maximum absolute atomic E-state index is 5.58. The lowest BCUT2D eigenvalue weighted by Crippen LogP contribution is -2.42. The second kappa shape index (κ2) is 6.02. The number of nitrogens with two attached hydrogens (primary N) is 1. The Morgan fingerprint density at radius 3 is 2.56 bits per heavy atom. The lowest BCUT2D eigenvalue weighted by Gasteiger charge is -2.25. The first-order valence-corrected chi connectivity index (χ1v) is 6.05. The molecule has 0 bridgehead atoms. The second-order valence-corrected chi connectivity index (χ2v) is 5.03. The molecule has 0 heterocycles. The van der Waals surface area contributed by atoms with E-state index >= 15 is 0 Å². The Morgan fingerprint density at radius 1 is 1.25 bits per heavy atom. The quantitative estimate of drug-likeness (QED) is 0.771. The van der Waals surface area contributed by atoms with Crippen molar-refractivity contribution in [3.8, 4) is 0 Å². The SMILES string of the molecule is Cc1ccccc1CCNC(C)(C)CCN. The van der Waals surface area contributed by atoms with Crippen molar-refractivity contribution in [1.82, 2.24) is 5.32 Å². The van der Waals surface area contributed by atoms with E-state index in [9.17, 15) is 0 Å². The molecule has 3 N–H and O–H groups in total. The van der Waals surface area contributed by atoms with Gasteiger partial charge in [-0.05, 0) is 57.8 Å². The van der Waals surface area contributed by atoms with Gasteiger partial charge < -0.3 is 11.1 Å². The fourth-order valence-electron chi connectivity index (χ4n) is 1.88. The van der Waals surface area contributed by atoms with Gasteiger partial charge in [0, 0.05) is 5.54 Å². The molecule has 0 unspecified atom stereocenters. The molecule has 16 heavy (non-hydrogen) atoms. The van der Waals surface area contributed by atoms with Crippen LogP contribution in [0.1, 0.15) is 31.4 Å². The van der Waals surface area contributed by atoms with Gasteiger partial charge in [0.25, 0.3) is 0 Å². The zero-order valence-electron chi connectivity index (χ0n) is 10.7. The molecule has 0 aromatic heterocycles. The molecule has 0 aliphatic carbocycles. The molecule has 0 fully saturated rings. The lowest BCUT2D eigenvalue weighted by atomic mass is 10.00. The molecular formula is C14H24N2. The monoisotopic (exact) mass is 220 g/mol. The summed E-state index contributed by atoms with van der Waals surface area (Å²) < 4.78 is 0. The van der Waals surface area contributed by atoms with Gasteiger partial charge in [-0.2, -0.15) is 0 Å². The Bertz CT molecular complexity index is 318. The molecule has 1 aromatic rings. The molecule has 0 amide bonds. The number of aryl methyl sites for hydroxylation is 1. The third-order valence-electron chi connectivity index (χ3n) is 3.03. The van der Waals surface area contributed by atoms with E-state index in [-0.39, 0.29) is 5.54 Å². The summed E-state index contributed by atoms with van der Waals surface area (Å²) in [6.45, 7) is 8.33.